The van der Waals surface area contributed by atoms with E-state index >= 15 is 0 Å². The van der Waals surface area contributed by atoms with Gasteiger partial charge in [0.05, 0.1) is 12.2 Å². The zero-order valence-electron chi connectivity index (χ0n) is 21.0. The Balaban J connectivity index is 1.66. The number of hydrogen-bond donors (Lipinski definition) is 0. The van der Waals surface area contributed by atoms with Crippen LogP contribution < -0.4 is 4.74 Å². The molecule has 0 fully saturated rings. The van der Waals surface area contributed by atoms with Crippen LogP contribution in [0, 0.1) is 0 Å². The van der Waals surface area contributed by atoms with Gasteiger partial charge in [0.2, 0.25) is 0 Å². The zero-order chi connectivity index (χ0) is 24.4. The number of esters is 1. The Kier molecular flexibility index (Phi) is 7.03. The number of allylic oxidation sites excluding steroid dienone is 1. The van der Waals surface area contributed by atoms with Gasteiger partial charge in [-0.25, -0.2) is 4.79 Å². The molecule has 0 N–H and O–H groups in total. The van der Waals surface area contributed by atoms with E-state index in [0.29, 0.717) is 17.7 Å². The van der Waals surface area contributed by atoms with E-state index in [1.165, 1.54) is 0 Å². The van der Waals surface area contributed by atoms with Crippen LogP contribution in [0.15, 0.2) is 48.5 Å². The summed E-state index contributed by atoms with van der Waals surface area (Å²) in [5.41, 5.74) is 2.78. The maximum atomic E-state index is 12.8. The summed E-state index contributed by atoms with van der Waals surface area (Å²) in [4.78, 5) is 25.0. The van der Waals surface area contributed by atoms with Gasteiger partial charge in [-0.2, -0.15) is 0 Å². The summed E-state index contributed by atoms with van der Waals surface area (Å²) in [7, 11) is -1.23. The molecule has 4 nitrogen and oxygen atoms in total. The fraction of sp³-hybridized carbons (Fsp3) is 0.429. The Morgan fingerprint density at radius 3 is 2.27 bits per heavy atom. The lowest BCUT2D eigenvalue weighted by Gasteiger charge is -2.42. The molecule has 2 aromatic carbocycles. The molecule has 0 atom stereocenters. The number of fused-ring (bicyclic) bond motifs is 1. The van der Waals surface area contributed by atoms with E-state index in [9.17, 15) is 9.59 Å². The molecule has 0 amide bonds. The highest BCUT2D eigenvalue weighted by Crippen LogP contribution is 2.44. The second kappa shape index (κ2) is 9.30. The lowest BCUT2D eigenvalue weighted by molar-refractivity contribution is 0.0521. The first kappa shape index (κ1) is 25.0. The molecule has 2 aromatic rings. The second-order valence-electron chi connectivity index (χ2n) is 11.4. The van der Waals surface area contributed by atoms with E-state index in [2.05, 4.69) is 47.3 Å². The molecule has 0 unspecified atom stereocenters. The van der Waals surface area contributed by atoms with Gasteiger partial charge in [-0.15, -0.1) is 0 Å². The molecule has 3 rings (SSSR count). The molecule has 33 heavy (non-hydrogen) atoms. The van der Waals surface area contributed by atoms with Crippen molar-refractivity contribution < 1.29 is 19.1 Å². The predicted molar refractivity (Wildman–Crippen MR) is 137 cm³/mol. The first-order valence-electron chi connectivity index (χ1n) is 11.6. The fourth-order valence-electron chi connectivity index (χ4n) is 4.33. The fourth-order valence-corrected chi connectivity index (χ4v) is 5.04. The molecule has 0 saturated carbocycles. The van der Waals surface area contributed by atoms with E-state index in [0.717, 1.165) is 29.3 Å². The normalized spacial score (nSPS) is 16.7. The Morgan fingerprint density at radius 1 is 1.00 bits per heavy atom. The third-order valence-electron chi connectivity index (χ3n) is 5.91. The van der Waals surface area contributed by atoms with Crippen molar-refractivity contribution in [1.29, 1.82) is 0 Å². The highest BCUT2D eigenvalue weighted by Gasteiger charge is 2.39. The smallest absolute Gasteiger partial charge is 0.338 e. The Labute approximate surface area is 199 Å². The van der Waals surface area contributed by atoms with Crippen molar-refractivity contribution in [2.24, 2.45) is 0 Å². The first-order chi connectivity index (χ1) is 15.3. The van der Waals surface area contributed by atoms with E-state index < -0.39 is 8.07 Å². The van der Waals surface area contributed by atoms with E-state index in [1.54, 1.807) is 24.3 Å². The molecule has 1 aliphatic rings. The van der Waals surface area contributed by atoms with Gasteiger partial charge in [-0.3, -0.25) is 4.79 Å². The minimum atomic E-state index is -1.23. The molecule has 1 heterocycles. The monoisotopic (exact) mass is 464 g/mol. The zero-order valence-corrected chi connectivity index (χ0v) is 22.0. The third kappa shape index (κ3) is 6.67. The van der Waals surface area contributed by atoms with Crippen molar-refractivity contribution in [3.63, 3.8) is 0 Å². The number of ketones is 1. The number of carbonyl (C=O) groups is 2. The molecule has 0 saturated heterocycles. The van der Waals surface area contributed by atoms with Gasteiger partial charge in [-0.05, 0) is 73.7 Å². The molecule has 0 spiro atoms. The third-order valence-corrected chi connectivity index (χ3v) is 7.61. The molecule has 0 radical (unpaired) electrons. The van der Waals surface area contributed by atoms with Crippen LogP contribution in [-0.4, -0.2) is 32.0 Å². The van der Waals surface area contributed by atoms with Crippen LogP contribution >= 0.6 is 0 Å². The summed E-state index contributed by atoms with van der Waals surface area (Å²) >= 11 is 0. The summed E-state index contributed by atoms with van der Waals surface area (Å²) in [5, 5.41) is 0. The first-order valence-corrected chi connectivity index (χ1v) is 15.3. The minimum absolute atomic E-state index is 0.0618. The van der Waals surface area contributed by atoms with Crippen LogP contribution in [-0.2, 0) is 10.2 Å². The molecule has 1 aliphatic heterocycles. The maximum Gasteiger partial charge on any atom is 0.338 e. The quantitative estimate of drug-likeness (QED) is 0.193. The Morgan fingerprint density at radius 2 is 1.64 bits per heavy atom. The SMILES string of the molecule is CC1(C)CC(C)(C)c2cc(C(=O)/C=C/c3ccc(C(=O)OCC[Si](C)(C)C)cc3)ccc2O1. The summed E-state index contributed by atoms with van der Waals surface area (Å²) in [5.74, 6) is 0.485. The largest absolute Gasteiger partial charge is 0.488 e. The highest BCUT2D eigenvalue weighted by molar-refractivity contribution is 6.76. The average molecular weight is 465 g/mol. The van der Waals surface area contributed by atoms with Crippen molar-refractivity contribution in [3.8, 4) is 5.75 Å². The van der Waals surface area contributed by atoms with E-state index in [4.69, 9.17) is 9.47 Å². The van der Waals surface area contributed by atoms with E-state index in [1.807, 2.05) is 30.3 Å². The van der Waals surface area contributed by atoms with Crippen molar-refractivity contribution in [2.75, 3.05) is 6.61 Å². The van der Waals surface area contributed by atoms with Gasteiger partial charge in [0.1, 0.15) is 11.4 Å². The van der Waals surface area contributed by atoms with Crippen molar-refractivity contribution in [2.45, 2.75) is 70.8 Å². The van der Waals surface area contributed by atoms with Crippen molar-refractivity contribution >= 4 is 25.9 Å². The molecule has 0 bridgehead atoms. The van der Waals surface area contributed by atoms with Crippen LogP contribution in [0.1, 0.15) is 66.0 Å². The maximum absolute atomic E-state index is 12.8. The van der Waals surface area contributed by atoms with Crippen molar-refractivity contribution in [1.82, 2.24) is 0 Å². The number of rotatable bonds is 7. The van der Waals surface area contributed by atoms with Crippen LogP contribution in [0.25, 0.3) is 6.08 Å². The summed E-state index contributed by atoms with van der Waals surface area (Å²) < 4.78 is 11.5. The van der Waals surface area contributed by atoms with Crippen LogP contribution in [0.5, 0.6) is 5.75 Å². The van der Waals surface area contributed by atoms with Gasteiger partial charge in [0.25, 0.3) is 0 Å². The number of ether oxygens (including phenoxy) is 2. The molecular formula is C28H36O4Si. The Hall–Kier alpha value is -2.66. The highest BCUT2D eigenvalue weighted by atomic mass is 28.3. The molecule has 176 valence electrons. The van der Waals surface area contributed by atoms with Gasteiger partial charge in [-0.1, -0.05) is 51.7 Å². The number of hydrogen-bond acceptors (Lipinski definition) is 4. The van der Waals surface area contributed by atoms with Gasteiger partial charge < -0.3 is 9.47 Å². The minimum Gasteiger partial charge on any atom is -0.488 e. The molecule has 5 heteroatoms. The Bertz CT molecular complexity index is 1060. The standard InChI is InChI=1S/C28H36O4Si/c1-27(2)19-28(3,4)32-25-15-13-22(18-23(25)27)24(29)14-10-20-8-11-21(12-9-20)26(30)31-16-17-33(5,6)7/h8-15,18H,16-17,19H2,1-7H3/b14-10+. The molecule has 0 aliphatic carbocycles. The topological polar surface area (TPSA) is 52.6 Å². The predicted octanol–water partition coefficient (Wildman–Crippen LogP) is 6.92. The van der Waals surface area contributed by atoms with Crippen molar-refractivity contribution in [3.05, 3.63) is 70.8 Å². The number of carbonyl (C=O) groups excluding carboxylic acids is 2. The average Bonchev–Trinajstić information content (AvgIpc) is 2.69. The summed E-state index contributed by atoms with van der Waals surface area (Å²) in [6.07, 6.45) is 4.23. The lowest BCUT2D eigenvalue weighted by atomic mass is 9.73. The van der Waals surface area contributed by atoms with E-state index in [-0.39, 0.29) is 22.8 Å². The number of benzene rings is 2. The second-order valence-corrected chi connectivity index (χ2v) is 17.0. The van der Waals surface area contributed by atoms with Gasteiger partial charge in [0, 0.05) is 19.2 Å². The molecule has 0 aromatic heterocycles. The van der Waals surface area contributed by atoms with Gasteiger partial charge >= 0.3 is 5.97 Å². The van der Waals surface area contributed by atoms with Crippen LogP contribution in [0.3, 0.4) is 0 Å². The molecular weight excluding hydrogens is 428 g/mol. The summed E-state index contributed by atoms with van der Waals surface area (Å²) in [6.45, 7) is 15.8. The van der Waals surface area contributed by atoms with Crippen LogP contribution in [0.4, 0.5) is 0 Å². The van der Waals surface area contributed by atoms with Crippen LogP contribution in [0.2, 0.25) is 25.7 Å². The van der Waals surface area contributed by atoms with Gasteiger partial charge in [0.15, 0.2) is 5.78 Å². The lowest BCUT2D eigenvalue weighted by Crippen LogP contribution is -2.41. The summed E-state index contributed by atoms with van der Waals surface area (Å²) in [6, 6.07) is 13.8.